The van der Waals surface area contributed by atoms with Crippen LogP contribution in [0.15, 0.2) is 48.7 Å². The summed E-state index contributed by atoms with van der Waals surface area (Å²) in [6.45, 7) is 0.881. The molecule has 0 unspecified atom stereocenters. The van der Waals surface area contributed by atoms with E-state index in [9.17, 15) is 4.79 Å². The molecule has 1 amide bonds. The van der Waals surface area contributed by atoms with Gasteiger partial charge in [-0.05, 0) is 43.0 Å². The predicted octanol–water partition coefficient (Wildman–Crippen LogP) is 3.41. The molecule has 7 heteroatoms. The van der Waals surface area contributed by atoms with E-state index in [-0.39, 0.29) is 18.7 Å². The van der Waals surface area contributed by atoms with Crippen molar-refractivity contribution in [1.29, 1.82) is 0 Å². The van der Waals surface area contributed by atoms with Gasteiger partial charge in [-0.3, -0.25) is 9.48 Å². The lowest BCUT2D eigenvalue weighted by molar-refractivity contribution is -0.121. The Morgan fingerprint density at radius 1 is 1.23 bits per heavy atom. The highest BCUT2D eigenvalue weighted by atomic mass is 16.7. The van der Waals surface area contributed by atoms with Gasteiger partial charge in [-0.15, -0.1) is 0 Å². The van der Waals surface area contributed by atoms with E-state index in [0.717, 1.165) is 47.5 Å². The van der Waals surface area contributed by atoms with Crippen LogP contribution in [0.3, 0.4) is 0 Å². The summed E-state index contributed by atoms with van der Waals surface area (Å²) in [6.07, 6.45) is 5.09. The van der Waals surface area contributed by atoms with E-state index in [2.05, 4.69) is 16.5 Å². The summed E-state index contributed by atoms with van der Waals surface area (Å²) in [5, 5.41) is 7.83. The second kappa shape index (κ2) is 8.34. The first kappa shape index (κ1) is 19.5. The van der Waals surface area contributed by atoms with E-state index in [0.29, 0.717) is 18.7 Å². The monoisotopic (exact) mass is 419 g/mol. The van der Waals surface area contributed by atoms with Crippen molar-refractivity contribution in [1.82, 2.24) is 15.1 Å². The van der Waals surface area contributed by atoms with Crippen LogP contribution in [0.1, 0.15) is 41.3 Å². The molecule has 7 nitrogen and oxygen atoms in total. The van der Waals surface area contributed by atoms with E-state index < -0.39 is 0 Å². The molecule has 1 aliphatic carbocycles. The van der Waals surface area contributed by atoms with Gasteiger partial charge >= 0.3 is 0 Å². The van der Waals surface area contributed by atoms with Crippen molar-refractivity contribution in [2.45, 2.75) is 38.3 Å². The zero-order chi connectivity index (χ0) is 21.2. The molecule has 31 heavy (non-hydrogen) atoms. The van der Waals surface area contributed by atoms with Crippen molar-refractivity contribution in [2.75, 3.05) is 13.9 Å². The van der Waals surface area contributed by atoms with Gasteiger partial charge in [0.2, 0.25) is 12.7 Å². The van der Waals surface area contributed by atoms with Crippen molar-refractivity contribution in [2.24, 2.45) is 0 Å². The van der Waals surface area contributed by atoms with Gasteiger partial charge in [0.15, 0.2) is 11.5 Å². The van der Waals surface area contributed by atoms with Gasteiger partial charge in [0.25, 0.3) is 0 Å². The van der Waals surface area contributed by atoms with E-state index in [1.165, 1.54) is 5.69 Å². The average molecular weight is 419 g/mol. The number of aromatic nitrogens is 2. The Bertz CT molecular complexity index is 1110. The van der Waals surface area contributed by atoms with Crippen molar-refractivity contribution < 1.29 is 19.0 Å². The Hall–Kier alpha value is -3.48. The third-order valence-corrected chi connectivity index (χ3v) is 5.91. The van der Waals surface area contributed by atoms with Gasteiger partial charge in [0.1, 0.15) is 5.75 Å². The van der Waals surface area contributed by atoms with Gasteiger partial charge in [0, 0.05) is 16.8 Å². The second-order valence-electron chi connectivity index (χ2n) is 7.89. The summed E-state index contributed by atoms with van der Waals surface area (Å²) in [4.78, 5) is 12.7. The molecule has 0 fully saturated rings. The van der Waals surface area contributed by atoms with Crippen molar-refractivity contribution >= 4 is 5.91 Å². The Labute approximate surface area is 180 Å². The Morgan fingerprint density at radius 2 is 2.10 bits per heavy atom. The number of rotatable bonds is 6. The normalized spacial score (nSPS) is 16.6. The zero-order valence-electron chi connectivity index (χ0n) is 17.5. The number of hydrogen-bond acceptors (Lipinski definition) is 5. The number of nitrogens with one attached hydrogen (secondary N) is 1. The highest BCUT2D eigenvalue weighted by Crippen LogP contribution is 2.33. The number of benzene rings is 2. The first-order valence-electron chi connectivity index (χ1n) is 10.6. The maximum absolute atomic E-state index is 12.7. The number of carbonyl (C=O) groups excluding carboxylic acids is 1. The van der Waals surface area contributed by atoms with Crippen LogP contribution in [0, 0.1) is 0 Å². The van der Waals surface area contributed by atoms with Crippen molar-refractivity contribution in [3.05, 3.63) is 71.0 Å². The molecule has 2 heterocycles. The van der Waals surface area contributed by atoms with Crippen LogP contribution < -0.4 is 19.5 Å². The molecular formula is C24H25N3O4. The first-order valence-corrected chi connectivity index (χ1v) is 10.6. The quantitative estimate of drug-likeness (QED) is 0.663. The number of para-hydroxylation sites is 1. The molecule has 0 saturated heterocycles. The number of ether oxygens (including phenoxy) is 3. The van der Waals surface area contributed by atoms with Crippen LogP contribution in [0.4, 0.5) is 0 Å². The molecule has 0 saturated carbocycles. The van der Waals surface area contributed by atoms with E-state index in [1.54, 1.807) is 7.11 Å². The maximum atomic E-state index is 12.7. The second-order valence-corrected chi connectivity index (χ2v) is 7.89. The number of amides is 1. The largest absolute Gasteiger partial charge is 0.496 e. The Morgan fingerprint density at radius 3 is 3.00 bits per heavy atom. The summed E-state index contributed by atoms with van der Waals surface area (Å²) in [5.41, 5.74) is 4.29. The van der Waals surface area contributed by atoms with Gasteiger partial charge < -0.3 is 19.5 Å². The summed E-state index contributed by atoms with van der Waals surface area (Å²) in [7, 11) is 1.68. The Balaban J connectivity index is 1.29. The predicted molar refractivity (Wildman–Crippen MR) is 114 cm³/mol. The van der Waals surface area contributed by atoms with Crippen molar-refractivity contribution in [3.8, 4) is 17.2 Å². The lowest BCUT2D eigenvalue weighted by atomic mass is 9.92. The number of hydrogen-bond donors (Lipinski definition) is 1. The van der Waals surface area contributed by atoms with Gasteiger partial charge in [-0.2, -0.15) is 5.10 Å². The smallest absolute Gasteiger partial charge is 0.231 e. The molecule has 160 valence electrons. The molecule has 1 aliphatic heterocycles. The number of nitrogens with zero attached hydrogens (tertiary/aromatic N) is 2. The van der Waals surface area contributed by atoms with Crippen LogP contribution >= 0.6 is 0 Å². The lowest BCUT2D eigenvalue weighted by Crippen LogP contribution is -2.32. The van der Waals surface area contributed by atoms with Crippen LogP contribution in [0.25, 0.3) is 0 Å². The summed E-state index contributed by atoms with van der Waals surface area (Å²) in [5.74, 6) is 2.27. The molecule has 0 radical (unpaired) electrons. The van der Waals surface area contributed by atoms with Crippen LogP contribution in [-0.2, 0) is 24.2 Å². The third kappa shape index (κ3) is 3.95. The SMILES string of the molecule is COc1ccccc1Cn1ncc2c1CCC[C@H]2NC(=O)Cc1ccc2c(c1)OCO2. The summed E-state index contributed by atoms with van der Waals surface area (Å²) < 4.78 is 18.3. The van der Waals surface area contributed by atoms with Gasteiger partial charge in [-0.25, -0.2) is 0 Å². The topological polar surface area (TPSA) is 74.6 Å². The molecule has 0 spiro atoms. The maximum Gasteiger partial charge on any atom is 0.231 e. The van der Waals surface area contributed by atoms with Crippen molar-refractivity contribution in [3.63, 3.8) is 0 Å². The molecule has 5 rings (SSSR count). The molecule has 3 aromatic rings. The fourth-order valence-corrected chi connectivity index (χ4v) is 4.38. The highest BCUT2D eigenvalue weighted by Gasteiger charge is 2.26. The molecular weight excluding hydrogens is 394 g/mol. The minimum absolute atomic E-state index is 0.00538. The van der Waals surface area contributed by atoms with E-state index in [4.69, 9.17) is 14.2 Å². The number of carbonyl (C=O) groups is 1. The van der Waals surface area contributed by atoms with Gasteiger partial charge in [0.05, 0.1) is 32.3 Å². The number of fused-ring (bicyclic) bond motifs is 2. The highest BCUT2D eigenvalue weighted by molar-refractivity contribution is 5.79. The third-order valence-electron chi connectivity index (χ3n) is 5.91. The fraction of sp³-hybridized carbons (Fsp3) is 0.333. The minimum Gasteiger partial charge on any atom is -0.496 e. The number of methoxy groups -OCH3 is 1. The van der Waals surface area contributed by atoms with E-state index >= 15 is 0 Å². The Kier molecular flexibility index (Phi) is 5.24. The van der Waals surface area contributed by atoms with Crippen LogP contribution in [0.5, 0.6) is 17.2 Å². The van der Waals surface area contributed by atoms with Crippen LogP contribution in [-0.4, -0.2) is 29.6 Å². The molecule has 2 aromatic carbocycles. The summed E-state index contributed by atoms with van der Waals surface area (Å²) in [6, 6.07) is 13.6. The zero-order valence-corrected chi connectivity index (χ0v) is 17.5. The molecule has 2 aliphatic rings. The molecule has 1 aromatic heterocycles. The molecule has 0 bridgehead atoms. The molecule has 1 N–H and O–H groups in total. The standard InChI is InChI=1S/C24H25N3O4/c1-29-21-8-3-2-5-17(21)14-27-20-7-4-6-19(18(20)13-25-27)26-24(28)12-16-9-10-22-23(11-16)31-15-30-22/h2-3,5,8-11,13,19H,4,6-7,12,14-15H2,1H3,(H,26,28)/t19-/m1/s1. The lowest BCUT2D eigenvalue weighted by Gasteiger charge is -2.24. The van der Waals surface area contributed by atoms with Crippen LogP contribution in [0.2, 0.25) is 0 Å². The first-order chi connectivity index (χ1) is 15.2. The van der Waals surface area contributed by atoms with Gasteiger partial charge in [-0.1, -0.05) is 24.3 Å². The minimum atomic E-state index is -0.0170. The summed E-state index contributed by atoms with van der Waals surface area (Å²) >= 11 is 0. The average Bonchev–Trinajstić information content (AvgIpc) is 3.41. The fourth-order valence-electron chi connectivity index (χ4n) is 4.38. The van der Waals surface area contributed by atoms with E-state index in [1.807, 2.05) is 47.3 Å². The molecule has 1 atom stereocenters.